The quantitative estimate of drug-likeness (QED) is 0.355. The van der Waals surface area contributed by atoms with E-state index < -0.39 is 17.2 Å². The first kappa shape index (κ1) is 24.6. The van der Waals surface area contributed by atoms with E-state index >= 15 is 0 Å². The number of piperidine rings is 1. The number of anilines is 4. The number of hydrogen-bond donors (Lipinski definition) is 3. The molecule has 0 atom stereocenters. The third-order valence-corrected chi connectivity index (χ3v) is 6.88. The normalized spacial score (nSPS) is 15.1. The summed E-state index contributed by atoms with van der Waals surface area (Å²) in [6.07, 6.45) is 5.25. The number of benzene rings is 1. The number of nitrogens with zero attached hydrogens (tertiary/aromatic N) is 6. The predicted molar refractivity (Wildman–Crippen MR) is 138 cm³/mol. The van der Waals surface area contributed by atoms with Gasteiger partial charge in [-0.1, -0.05) is 6.92 Å². The number of rotatable bonds is 6. The van der Waals surface area contributed by atoms with E-state index in [4.69, 9.17) is 5.73 Å². The first-order valence-electron chi connectivity index (χ1n) is 12.1. The standard InChI is InChI=1S/C26H28F2N8O/c1-3-26(37)9-12-36(13-10-26)21-7-4-16(15-31-21)24-33-25(35(2)34-24)32-17-5-6-18(20(27)14-17)19-8-11-30-23(29)22(19)28/h4-8,11,14-15,37H,3,9-10,12-13H2,1-2H3,(H2,29,30)(H,32,33,34). The van der Waals surface area contributed by atoms with E-state index in [0.717, 1.165) is 43.7 Å². The molecule has 0 bridgehead atoms. The van der Waals surface area contributed by atoms with Crippen LogP contribution in [0.1, 0.15) is 26.2 Å². The Morgan fingerprint density at radius 3 is 2.54 bits per heavy atom. The largest absolute Gasteiger partial charge is 0.390 e. The maximum atomic E-state index is 14.8. The molecule has 0 unspecified atom stereocenters. The molecular formula is C26H28F2N8O. The molecular weight excluding hydrogens is 478 g/mol. The fourth-order valence-corrected chi connectivity index (χ4v) is 4.43. The Labute approximate surface area is 213 Å². The van der Waals surface area contributed by atoms with Crippen molar-refractivity contribution in [2.24, 2.45) is 7.05 Å². The van der Waals surface area contributed by atoms with Gasteiger partial charge in [-0.15, -0.1) is 5.10 Å². The number of hydrogen-bond acceptors (Lipinski definition) is 8. The van der Waals surface area contributed by atoms with Gasteiger partial charge in [0.05, 0.1) is 5.60 Å². The average molecular weight is 507 g/mol. The lowest BCUT2D eigenvalue weighted by Gasteiger charge is -2.38. The molecule has 9 nitrogen and oxygen atoms in total. The van der Waals surface area contributed by atoms with Gasteiger partial charge in [0.1, 0.15) is 11.6 Å². The molecule has 1 aliphatic heterocycles. The van der Waals surface area contributed by atoms with Crippen molar-refractivity contribution in [1.82, 2.24) is 24.7 Å². The van der Waals surface area contributed by atoms with E-state index in [9.17, 15) is 13.9 Å². The summed E-state index contributed by atoms with van der Waals surface area (Å²) in [5, 5.41) is 18.0. The molecule has 3 aromatic heterocycles. The van der Waals surface area contributed by atoms with Crippen LogP contribution >= 0.6 is 0 Å². The van der Waals surface area contributed by atoms with E-state index in [0.29, 0.717) is 17.5 Å². The Kier molecular flexibility index (Phi) is 6.46. The second-order valence-corrected chi connectivity index (χ2v) is 9.23. The van der Waals surface area contributed by atoms with Crippen molar-refractivity contribution in [2.75, 3.05) is 29.0 Å². The summed E-state index contributed by atoms with van der Waals surface area (Å²) < 4.78 is 30.7. The van der Waals surface area contributed by atoms with Gasteiger partial charge in [0, 0.05) is 54.9 Å². The number of aryl methyl sites for hydroxylation is 1. The molecule has 4 heterocycles. The fourth-order valence-electron chi connectivity index (χ4n) is 4.43. The molecule has 1 aromatic carbocycles. The van der Waals surface area contributed by atoms with Crippen LogP contribution in [-0.4, -0.2) is 48.5 Å². The number of nitrogens with one attached hydrogen (secondary N) is 1. The molecule has 5 rings (SSSR count). The van der Waals surface area contributed by atoms with Crippen molar-refractivity contribution >= 4 is 23.3 Å². The Hall–Kier alpha value is -4.12. The van der Waals surface area contributed by atoms with Crippen LogP contribution in [0.3, 0.4) is 0 Å². The van der Waals surface area contributed by atoms with Crippen LogP contribution in [-0.2, 0) is 7.05 Å². The van der Waals surface area contributed by atoms with Crippen LogP contribution < -0.4 is 16.0 Å². The van der Waals surface area contributed by atoms with Gasteiger partial charge in [0.15, 0.2) is 17.5 Å². The molecule has 0 radical (unpaired) electrons. The number of pyridine rings is 2. The highest BCUT2D eigenvalue weighted by Gasteiger charge is 2.30. The molecule has 1 fully saturated rings. The molecule has 4 aromatic rings. The molecule has 1 saturated heterocycles. The Bertz CT molecular complexity index is 1410. The third-order valence-electron chi connectivity index (χ3n) is 6.88. The molecule has 192 valence electrons. The van der Waals surface area contributed by atoms with Gasteiger partial charge in [0.2, 0.25) is 5.95 Å². The summed E-state index contributed by atoms with van der Waals surface area (Å²) in [7, 11) is 1.73. The highest BCUT2D eigenvalue weighted by atomic mass is 19.1. The lowest BCUT2D eigenvalue weighted by Crippen LogP contribution is -2.44. The minimum atomic E-state index is -0.762. The minimum Gasteiger partial charge on any atom is -0.390 e. The summed E-state index contributed by atoms with van der Waals surface area (Å²) in [5.74, 6) is 0.0520. The highest BCUT2D eigenvalue weighted by Crippen LogP contribution is 2.31. The van der Waals surface area contributed by atoms with Crippen molar-refractivity contribution in [3.05, 3.63) is 60.4 Å². The lowest BCUT2D eigenvalue weighted by molar-refractivity contribution is 0.0125. The van der Waals surface area contributed by atoms with Gasteiger partial charge in [-0.3, -0.25) is 0 Å². The van der Waals surface area contributed by atoms with E-state index in [-0.39, 0.29) is 16.9 Å². The van der Waals surface area contributed by atoms with E-state index in [2.05, 4.69) is 30.3 Å². The van der Waals surface area contributed by atoms with Crippen LogP contribution in [0.4, 0.5) is 32.1 Å². The molecule has 1 aliphatic rings. The van der Waals surface area contributed by atoms with Gasteiger partial charge in [-0.05, 0) is 55.7 Å². The van der Waals surface area contributed by atoms with Gasteiger partial charge in [-0.25, -0.2) is 23.4 Å². The zero-order valence-electron chi connectivity index (χ0n) is 20.6. The van der Waals surface area contributed by atoms with Crippen molar-refractivity contribution in [1.29, 1.82) is 0 Å². The summed E-state index contributed by atoms with van der Waals surface area (Å²) in [6, 6.07) is 9.56. The number of aromatic nitrogens is 5. The fraction of sp³-hybridized carbons (Fsp3) is 0.308. The number of nitrogens with two attached hydrogens (primary N) is 1. The van der Waals surface area contributed by atoms with Gasteiger partial charge in [-0.2, -0.15) is 4.98 Å². The minimum absolute atomic E-state index is 0.0408. The van der Waals surface area contributed by atoms with Crippen molar-refractivity contribution in [3.8, 4) is 22.5 Å². The Balaban J connectivity index is 1.30. The summed E-state index contributed by atoms with van der Waals surface area (Å²) in [4.78, 5) is 14.9. The molecule has 4 N–H and O–H groups in total. The zero-order valence-corrected chi connectivity index (χ0v) is 20.6. The lowest BCUT2D eigenvalue weighted by atomic mass is 9.89. The molecule has 0 aliphatic carbocycles. The topological polar surface area (TPSA) is 118 Å². The van der Waals surface area contributed by atoms with Crippen molar-refractivity contribution < 1.29 is 13.9 Å². The molecule has 0 spiro atoms. The number of halogens is 2. The predicted octanol–water partition coefficient (Wildman–Crippen LogP) is 4.28. The van der Waals surface area contributed by atoms with Crippen molar-refractivity contribution in [3.63, 3.8) is 0 Å². The third kappa shape index (κ3) is 4.94. The highest BCUT2D eigenvalue weighted by molar-refractivity contribution is 5.70. The average Bonchev–Trinajstić information content (AvgIpc) is 3.26. The first-order valence-corrected chi connectivity index (χ1v) is 12.1. The van der Waals surface area contributed by atoms with Crippen LogP contribution in [0.5, 0.6) is 0 Å². The Morgan fingerprint density at radius 2 is 1.86 bits per heavy atom. The molecule has 11 heteroatoms. The first-order chi connectivity index (χ1) is 17.8. The summed E-state index contributed by atoms with van der Waals surface area (Å²) in [6.45, 7) is 3.52. The van der Waals surface area contributed by atoms with Crippen LogP contribution in [0.15, 0.2) is 48.8 Å². The number of nitrogen functional groups attached to an aromatic ring is 1. The Morgan fingerprint density at radius 1 is 1.08 bits per heavy atom. The molecule has 0 saturated carbocycles. The monoisotopic (exact) mass is 506 g/mol. The summed E-state index contributed by atoms with van der Waals surface area (Å²) in [5.41, 5.74) is 6.22. The molecule has 0 amide bonds. The maximum absolute atomic E-state index is 14.8. The molecule has 37 heavy (non-hydrogen) atoms. The second kappa shape index (κ2) is 9.74. The second-order valence-electron chi connectivity index (χ2n) is 9.23. The van der Waals surface area contributed by atoms with Gasteiger partial charge < -0.3 is 21.1 Å². The SMILES string of the molecule is CCC1(O)CCN(c2ccc(-c3nc(Nc4ccc(-c5ccnc(N)c5F)c(F)c4)n(C)n3)cn2)CC1. The van der Waals surface area contributed by atoms with Crippen LogP contribution in [0.25, 0.3) is 22.5 Å². The van der Waals surface area contributed by atoms with Crippen molar-refractivity contribution in [2.45, 2.75) is 31.8 Å². The summed E-state index contributed by atoms with van der Waals surface area (Å²) >= 11 is 0. The number of aliphatic hydroxyl groups is 1. The van der Waals surface area contributed by atoms with E-state index in [1.807, 2.05) is 19.1 Å². The van der Waals surface area contributed by atoms with E-state index in [1.165, 1.54) is 24.4 Å². The smallest absolute Gasteiger partial charge is 0.225 e. The van der Waals surface area contributed by atoms with Gasteiger partial charge >= 0.3 is 0 Å². The van der Waals surface area contributed by atoms with Crippen LogP contribution in [0.2, 0.25) is 0 Å². The van der Waals surface area contributed by atoms with Gasteiger partial charge in [0.25, 0.3) is 0 Å². The zero-order chi connectivity index (χ0) is 26.2. The van der Waals surface area contributed by atoms with Crippen LogP contribution in [0, 0.1) is 11.6 Å². The maximum Gasteiger partial charge on any atom is 0.225 e. The van der Waals surface area contributed by atoms with E-state index in [1.54, 1.807) is 24.0 Å².